The van der Waals surface area contributed by atoms with Gasteiger partial charge in [-0.2, -0.15) is 18.3 Å². The monoisotopic (exact) mass is 281 g/mol. The number of nitrogens with zero attached hydrogens (tertiary/aromatic N) is 2. The van der Waals surface area contributed by atoms with Gasteiger partial charge in [0.15, 0.2) is 5.69 Å². The molecule has 0 bridgehead atoms. The molecule has 6 nitrogen and oxygen atoms in total. The standard InChI is InChI=1S/C10H14F3N3O3/c1-6-7(14)8(16(2)15-6)9(17)19-4-3-18-5-10(11,12)13/h3-5,14H2,1-2H3. The number of halogens is 3. The molecule has 0 unspecified atom stereocenters. The van der Waals surface area contributed by atoms with Crippen molar-refractivity contribution in [3.63, 3.8) is 0 Å². The zero-order chi connectivity index (χ0) is 14.6. The number of rotatable bonds is 5. The van der Waals surface area contributed by atoms with Gasteiger partial charge in [-0.3, -0.25) is 4.68 Å². The predicted octanol–water partition coefficient (Wildman–Crippen LogP) is 1.05. The number of ether oxygens (including phenoxy) is 2. The maximum atomic E-state index is 11.8. The molecule has 0 aliphatic heterocycles. The molecule has 0 atom stereocenters. The SMILES string of the molecule is Cc1nn(C)c(C(=O)OCCOCC(F)(F)F)c1N. The fraction of sp³-hybridized carbons (Fsp3) is 0.600. The summed E-state index contributed by atoms with van der Waals surface area (Å²) in [7, 11) is 1.51. The molecular formula is C10H14F3N3O3. The zero-order valence-electron chi connectivity index (χ0n) is 10.5. The molecule has 0 aliphatic rings. The minimum Gasteiger partial charge on any atom is -0.458 e. The summed E-state index contributed by atoms with van der Waals surface area (Å²) >= 11 is 0. The van der Waals surface area contributed by atoms with Crippen LogP contribution in [0.4, 0.5) is 18.9 Å². The summed E-state index contributed by atoms with van der Waals surface area (Å²) in [6, 6.07) is 0. The van der Waals surface area contributed by atoms with Crippen LogP contribution in [0.2, 0.25) is 0 Å². The van der Waals surface area contributed by atoms with E-state index in [1.165, 1.54) is 11.7 Å². The third-order valence-electron chi connectivity index (χ3n) is 2.19. The van der Waals surface area contributed by atoms with Gasteiger partial charge in [-0.25, -0.2) is 4.79 Å². The molecular weight excluding hydrogens is 267 g/mol. The molecule has 9 heteroatoms. The Morgan fingerprint density at radius 1 is 1.42 bits per heavy atom. The van der Waals surface area contributed by atoms with Gasteiger partial charge in [0.1, 0.15) is 13.2 Å². The van der Waals surface area contributed by atoms with E-state index < -0.39 is 18.8 Å². The second kappa shape index (κ2) is 5.91. The Morgan fingerprint density at radius 2 is 2.05 bits per heavy atom. The molecule has 1 heterocycles. The van der Waals surface area contributed by atoms with E-state index in [1.54, 1.807) is 6.92 Å². The number of hydrogen-bond acceptors (Lipinski definition) is 5. The van der Waals surface area contributed by atoms with E-state index in [2.05, 4.69) is 9.84 Å². The second-order valence-corrected chi connectivity index (χ2v) is 3.77. The third-order valence-corrected chi connectivity index (χ3v) is 2.19. The average Bonchev–Trinajstić information content (AvgIpc) is 2.51. The summed E-state index contributed by atoms with van der Waals surface area (Å²) in [6.45, 7) is -0.392. The number of alkyl halides is 3. The first-order chi connectivity index (χ1) is 8.72. The predicted molar refractivity (Wildman–Crippen MR) is 59.5 cm³/mol. The Labute approximate surface area is 107 Å². The molecule has 2 N–H and O–H groups in total. The highest BCUT2D eigenvalue weighted by molar-refractivity contribution is 5.93. The molecule has 0 radical (unpaired) electrons. The van der Waals surface area contributed by atoms with Gasteiger partial charge < -0.3 is 15.2 Å². The normalized spacial score (nSPS) is 11.6. The van der Waals surface area contributed by atoms with Crippen LogP contribution in [0.25, 0.3) is 0 Å². The summed E-state index contributed by atoms with van der Waals surface area (Å²) in [5, 5.41) is 3.92. The van der Waals surface area contributed by atoms with Gasteiger partial charge in [0.25, 0.3) is 0 Å². The molecule has 0 saturated heterocycles. The highest BCUT2D eigenvalue weighted by Gasteiger charge is 2.27. The highest BCUT2D eigenvalue weighted by Crippen LogP contribution is 2.16. The lowest BCUT2D eigenvalue weighted by molar-refractivity contribution is -0.175. The van der Waals surface area contributed by atoms with Crippen LogP contribution in [0.15, 0.2) is 0 Å². The first kappa shape index (κ1) is 15.3. The topological polar surface area (TPSA) is 79.4 Å². The van der Waals surface area contributed by atoms with Crippen molar-refractivity contribution in [1.29, 1.82) is 0 Å². The number of aromatic nitrogens is 2. The quantitative estimate of drug-likeness (QED) is 0.644. The Hall–Kier alpha value is -1.77. The molecule has 1 rings (SSSR count). The number of hydrogen-bond donors (Lipinski definition) is 1. The largest absolute Gasteiger partial charge is 0.458 e. The van der Waals surface area contributed by atoms with Crippen molar-refractivity contribution in [1.82, 2.24) is 9.78 Å². The highest BCUT2D eigenvalue weighted by atomic mass is 19.4. The van der Waals surface area contributed by atoms with Crippen LogP contribution >= 0.6 is 0 Å². The van der Waals surface area contributed by atoms with E-state index in [-0.39, 0.29) is 24.6 Å². The van der Waals surface area contributed by atoms with Crippen LogP contribution in [-0.4, -0.2) is 41.7 Å². The van der Waals surface area contributed by atoms with E-state index >= 15 is 0 Å². The summed E-state index contributed by atoms with van der Waals surface area (Å²) < 4.78 is 45.6. The van der Waals surface area contributed by atoms with Gasteiger partial charge in [0.05, 0.1) is 18.0 Å². The van der Waals surface area contributed by atoms with Crippen molar-refractivity contribution >= 4 is 11.7 Å². The van der Waals surface area contributed by atoms with Crippen LogP contribution in [0.1, 0.15) is 16.2 Å². The molecule has 0 spiro atoms. The number of nitrogen functional groups attached to an aromatic ring is 1. The van der Waals surface area contributed by atoms with Crippen LogP contribution in [-0.2, 0) is 16.5 Å². The number of aryl methyl sites for hydroxylation is 2. The van der Waals surface area contributed by atoms with Gasteiger partial charge in [-0.1, -0.05) is 0 Å². The number of nitrogens with two attached hydrogens (primary N) is 1. The van der Waals surface area contributed by atoms with Crippen molar-refractivity contribution in [3.8, 4) is 0 Å². The van der Waals surface area contributed by atoms with Gasteiger partial charge in [-0.05, 0) is 6.92 Å². The van der Waals surface area contributed by atoms with E-state index in [0.29, 0.717) is 5.69 Å². The van der Waals surface area contributed by atoms with E-state index in [0.717, 1.165) is 0 Å². The Kier molecular flexibility index (Phi) is 4.76. The second-order valence-electron chi connectivity index (χ2n) is 3.77. The first-order valence-corrected chi connectivity index (χ1v) is 5.33. The van der Waals surface area contributed by atoms with Crippen molar-refractivity contribution in [2.45, 2.75) is 13.1 Å². The molecule has 0 fully saturated rings. The molecule has 108 valence electrons. The van der Waals surface area contributed by atoms with Crippen molar-refractivity contribution in [3.05, 3.63) is 11.4 Å². The van der Waals surface area contributed by atoms with E-state index in [4.69, 9.17) is 10.5 Å². The van der Waals surface area contributed by atoms with E-state index in [9.17, 15) is 18.0 Å². The molecule has 1 aromatic heterocycles. The van der Waals surface area contributed by atoms with Gasteiger partial charge in [-0.15, -0.1) is 0 Å². The lowest BCUT2D eigenvalue weighted by Gasteiger charge is -2.08. The Bertz CT molecular complexity index is 457. The molecule has 19 heavy (non-hydrogen) atoms. The van der Waals surface area contributed by atoms with Crippen LogP contribution in [0.3, 0.4) is 0 Å². The molecule has 0 aliphatic carbocycles. The third kappa shape index (κ3) is 4.43. The minimum absolute atomic E-state index is 0.0633. The smallest absolute Gasteiger partial charge is 0.411 e. The lowest BCUT2D eigenvalue weighted by Crippen LogP contribution is -2.20. The van der Waals surface area contributed by atoms with Gasteiger partial charge >= 0.3 is 12.1 Å². The van der Waals surface area contributed by atoms with Crippen LogP contribution < -0.4 is 5.73 Å². The Balaban J connectivity index is 2.40. The minimum atomic E-state index is -4.40. The Morgan fingerprint density at radius 3 is 2.53 bits per heavy atom. The molecule has 0 aromatic carbocycles. The number of carbonyl (C=O) groups excluding carboxylic acids is 1. The maximum absolute atomic E-state index is 11.8. The van der Waals surface area contributed by atoms with E-state index in [1.807, 2.05) is 0 Å². The molecule has 0 saturated carbocycles. The van der Waals surface area contributed by atoms with Crippen molar-refractivity contribution in [2.75, 3.05) is 25.6 Å². The van der Waals surface area contributed by atoms with Gasteiger partial charge in [0.2, 0.25) is 0 Å². The summed E-state index contributed by atoms with van der Waals surface area (Å²) in [5.74, 6) is -0.754. The summed E-state index contributed by atoms with van der Waals surface area (Å²) in [6.07, 6.45) is -4.40. The van der Waals surface area contributed by atoms with Crippen LogP contribution in [0.5, 0.6) is 0 Å². The first-order valence-electron chi connectivity index (χ1n) is 5.33. The fourth-order valence-electron chi connectivity index (χ4n) is 1.37. The van der Waals surface area contributed by atoms with Crippen LogP contribution in [0, 0.1) is 6.92 Å². The lowest BCUT2D eigenvalue weighted by atomic mass is 10.3. The zero-order valence-corrected chi connectivity index (χ0v) is 10.5. The number of carbonyl (C=O) groups is 1. The number of anilines is 1. The van der Waals surface area contributed by atoms with Crippen molar-refractivity contribution < 1.29 is 27.4 Å². The molecule has 1 aromatic rings. The molecule has 0 amide bonds. The number of esters is 1. The van der Waals surface area contributed by atoms with Gasteiger partial charge in [0, 0.05) is 7.05 Å². The average molecular weight is 281 g/mol. The maximum Gasteiger partial charge on any atom is 0.411 e. The summed E-state index contributed by atoms with van der Waals surface area (Å²) in [4.78, 5) is 11.6. The fourth-order valence-corrected chi connectivity index (χ4v) is 1.37. The van der Waals surface area contributed by atoms with Crippen molar-refractivity contribution in [2.24, 2.45) is 7.05 Å². The summed E-state index contributed by atoms with van der Waals surface area (Å²) in [5.41, 5.74) is 6.35.